The SMILES string of the molecule is [2H]c1c([2H])c([2H])c2c(c1[2H])c([2H])c([2H])c1c2oc2c([2H])c(-c3ccc4ccc5cccc6ccc3c4c56)c([2H])c(-c3ccc4ccc5cccc6ccc3c4c56)c21. The van der Waals surface area contributed by atoms with Gasteiger partial charge < -0.3 is 4.42 Å². The summed E-state index contributed by atoms with van der Waals surface area (Å²) in [6.45, 7) is 0. The number of rotatable bonds is 2. The van der Waals surface area contributed by atoms with E-state index < -0.39 is 24.2 Å². The van der Waals surface area contributed by atoms with Crippen LogP contribution in [0.1, 0.15) is 11.0 Å². The lowest BCUT2D eigenvalue weighted by atomic mass is 9.86. The van der Waals surface area contributed by atoms with Crippen LogP contribution in [0.25, 0.3) is 120 Å². The van der Waals surface area contributed by atoms with E-state index in [1.54, 1.807) is 0 Å². The van der Waals surface area contributed by atoms with Crippen LogP contribution in [0.2, 0.25) is 0 Å². The Hall–Kier alpha value is -6.44. The highest BCUT2D eigenvalue weighted by Crippen LogP contribution is 2.47. The fourth-order valence-electron chi connectivity index (χ4n) is 8.33. The summed E-state index contributed by atoms with van der Waals surface area (Å²) in [6, 6.07) is 34.6. The van der Waals surface area contributed by atoms with Gasteiger partial charge in [0.1, 0.15) is 11.2 Å². The molecule has 12 aromatic rings. The van der Waals surface area contributed by atoms with Crippen molar-refractivity contribution in [2.45, 2.75) is 0 Å². The Morgan fingerprint density at radius 3 is 1.59 bits per heavy atom. The summed E-state index contributed by atoms with van der Waals surface area (Å²) in [4.78, 5) is 0. The van der Waals surface area contributed by atoms with Crippen LogP contribution < -0.4 is 0 Å². The van der Waals surface area contributed by atoms with Gasteiger partial charge in [0.2, 0.25) is 0 Å². The summed E-state index contributed by atoms with van der Waals surface area (Å²) in [5.74, 6) is 0. The third-order valence-electron chi connectivity index (χ3n) is 10.5. The summed E-state index contributed by atoms with van der Waals surface area (Å²) >= 11 is 0. The minimum atomic E-state index is -0.504. The molecule has 1 heterocycles. The quantitative estimate of drug-likeness (QED) is 0.174. The number of hydrogen-bond donors (Lipinski definition) is 0. The van der Waals surface area contributed by atoms with Gasteiger partial charge in [-0.05, 0) is 110 Å². The Balaban J connectivity index is 1.32. The highest BCUT2D eigenvalue weighted by Gasteiger charge is 2.21. The molecule has 0 saturated heterocycles. The smallest absolute Gasteiger partial charge is 0.143 e. The van der Waals surface area contributed by atoms with Crippen LogP contribution in [-0.4, -0.2) is 0 Å². The predicted molar refractivity (Wildman–Crippen MR) is 210 cm³/mol. The van der Waals surface area contributed by atoms with Gasteiger partial charge in [-0.2, -0.15) is 0 Å². The van der Waals surface area contributed by atoms with Crippen molar-refractivity contribution >= 4 is 97.3 Å². The molecule has 0 amide bonds. The second-order valence-corrected chi connectivity index (χ2v) is 12.9. The summed E-state index contributed by atoms with van der Waals surface area (Å²) in [5.41, 5.74) is 2.20. The molecule has 12 rings (SSSR count). The van der Waals surface area contributed by atoms with Crippen LogP contribution in [0, 0.1) is 0 Å². The van der Waals surface area contributed by atoms with Crippen molar-refractivity contribution in [1.82, 2.24) is 0 Å². The van der Waals surface area contributed by atoms with Crippen LogP contribution >= 0.6 is 0 Å². The van der Waals surface area contributed by atoms with Crippen molar-refractivity contribution in [3.05, 3.63) is 158 Å². The Bertz CT molecular complexity index is 3760. The lowest BCUT2D eigenvalue weighted by molar-refractivity contribution is 0.673. The highest BCUT2D eigenvalue weighted by molar-refractivity contribution is 6.29. The van der Waals surface area contributed by atoms with Gasteiger partial charge in [0.05, 0.1) is 11.0 Å². The van der Waals surface area contributed by atoms with Crippen LogP contribution in [0.3, 0.4) is 0 Å². The number of furan rings is 1. The Morgan fingerprint density at radius 2 is 0.918 bits per heavy atom. The highest BCUT2D eigenvalue weighted by atomic mass is 16.3. The van der Waals surface area contributed by atoms with Gasteiger partial charge in [-0.15, -0.1) is 0 Å². The third-order valence-corrected chi connectivity index (χ3v) is 10.5. The van der Waals surface area contributed by atoms with Gasteiger partial charge in [0, 0.05) is 16.2 Å². The molecule has 0 atom stereocenters. The summed E-state index contributed by atoms with van der Waals surface area (Å²) in [6.07, 6.45) is 0. The average molecular weight is 627 g/mol. The first-order chi connectivity index (χ1) is 27.6. The first-order valence-electron chi connectivity index (χ1n) is 20.4. The van der Waals surface area contributed by atoms with Crippen LogP contribution in [0.15, 0.2) is 162 Å². The van der Waals surface area contributed by atoms with E-state index in [9.17, 15) is 4.11 Å². The molecule has 0 fully saturated rings. The maximum Gasteiger partial charge on any atom is 0.143 e. The molecule has 224 valence electrons. The van der Waals surface area contributed by atoms with E-state index in [1.807, 2.05) is 36.4 Å². The average Bonchev–Trinajstić information content (AvgIpc) is 3.63. The monoisotopic (exact) mass is 626 g/mol. The summed E-state index contributed by atoms with van der Waals surface area (Å²) < 4.78 is 80.0. The van der Waals surface area contributed by atoms with Crippen molar-refractivity contribution in [2.24, 2.45) is 0 Å². The van der Waals surface area contributed by atoms with Gasteiger partial charge in [-0.25, -0.2) is 0 Å². The maximum absolute atomic E-state index is 10.3. The second-order valence-electron chi connectivity index (χ2n) is 12.9. The Labute approximate surface area is 292 Å². The molecule has 0 bridgehead atoms. The van der Waals surface area contributed by atoms with Crippen molar-refractivity contribution in [1.29, 1.82) is 0 Å². The first kappa shape index (κ1) is 19.4. The first-order valence-corrected chi connectivity index (χ1v) is 16.4. The number of fused-ring (bicyclic) bond motifs is 5. The molecule has 1 nitrogen and oxygen atoms in total. The standard InChI is InChI=1S/C48H26O/c1-2-10-36-27(5-1)15-24-40-47-41(37-21-17-33-14-12-29-7-4-9-31-19-23-39(37)46(33)44(29)31)25-34(26-42(47)49-48(36)40)35-20-16-32-13-11-28-6-3-8-30-18-22-38(35)45(32)43(28)30/h1-26H/i1D,2D,5D,10D,15D,24D,25D,26D. The van der Waals surface area contributed by atoms with E-state index in [0.29, 0.717) is 27.6 Å². The molecule has 1 aromatic heterocycles. The van der Waals surface area contributed by atoms with Gasteiger partial charge >= 0.3 is 0 Å². The molecular formula is C48H26O. The third kappa shape index (κ3) is 3.34. The molecule has 0 N–H and O–H groups in total. The van der Waals surface area contributed by atoms with E-state index in [-0.39, 0.29) is 51.5 Å². The molecule has 0 saturated carbocycles. The molecule has 49 heavy (non-hydrogen) atoms. The van der Waals surface area contributed by atoms with Crippen LogP contribution in [0.4, 0.5) is 0 Å². The predicted octanol–water partition coefficient (Wildman–Crippen LogP) is 13.9. The summed E-state index contributed by atoms with van der Waals surface area (Å²) in [5, 5.41) is 12.7. The number of benzene rings is 11. The molecule has 0 radical (unpaired) electrons. The summed E-state index contributed by atoms with van der Waals surface area (Å²) in [7, 11) is 0. The van der Waals surface area contributed by atoms with Crippen molar-refractivity contribution in [3.63, 3.8) is 0 Å². The molecule has 1 heteroatoms. The van der Waals surface area contributed by atoms with Gasteiger partial charge in [-0.3, -0.25) is 0 Å². The normalized spacial score (nSPS) is 14.8. The zero-order valence-corrected chi connectivity index (χ0v) is 25.8. The zero-order valence-electron chi connectivity index (χ0n) is 33.8. The van der Waals surface area contributed by atoms with Crippen LogP contribution in [0.5, 0.6) is 0 Å². The second kappa shape index (κ2) is 9.13. The fourth-order valence-corrected chi connectivity index (χ4v) is 8.33. The lowest BCUT2D eigenvalue weighted by Gasteiger charge is -2.17. The molecule has 0 aliphatic rings. The molecule has 0 aliphatic carbocycles. The fraction of sp³-hybridized carbons (Fsp3) is 0. The van der Waals surface area contributed by atoms with E-state index in [2.05, 4.69) is 72.8 Å². The molecule has 0 unspecified atom stereocenters. The lowest BCUT2D eigenvalue weighted by Crippen LogP contribution is -1.90. The topological polar surface area (TPSA) is 13.1 Å². The largest absolute Gasteiger partial charge is 0.455 e. The Kier molecular flexibility index (Phi) is 3.61. The molecule has 0 aliphatic heterocycles. The molecule has 11 aromatic carbocycles. The molecular weight excluding hydrogens is 593 g/mol. The minimum absolute atomic E-state index is 0.00704. The Morgan fingerprint density at radius 1 is 0.367 bits per heavy atom. The van der Waals surface area contributed by atoms with E-state index in [1.165, 1.54) is 0 Å². The molecule has 0 spiro atoms. The van der Waals surface area contributed by atoms with Crippen LogP contribution in [-0.2, 0) is 0 Å². The number of hydrogen-bond acceptors (Lipinski definition) is 1. The zero-order chi connectivity index (χ0) is 38.8. The van der Waals surface area contributed by atoms with E-state index in [0.717, 1.165) is 64.6 Å². The van der Waals surface area contributed by atoms with E-state index >= 15 is 0 Å². The van der Waals surface area contributed by atoms with E-state index in [4.69, 9.17) is 11.3 Å². The maximum atomic E-state index is 10.3. The minimum Gasteiger partial charge on any atom is -0.455 e. The van der Waals surface area contributed by atoms with Crippen molar-refractivity contribution in [2.75, 3.05) is 0 Å². The van der Waals surface area contributed by atoms with Crippen molar-refractivity contribution in [3.8, 4) is 22.3 Å². The van der Waals surface area contributed by atoms with Gasteiger partial charge in [0.15, 0.2) is 0 Å². The van der Waals surface area contributed by atoms with Crippen molar-refractivity contribution < 1.29 is 15.4 Å². The van der Waals surface area contributed by atoms with Gasteiger partial charge in [0.25, 0.3) is 0 Å². The van der Waals surface area contributed by atoms with Gasteiger partial charge in [-0.1, -0.05) is 139 Å².